The highest BCUT2D eigenvalue weighted by molar-refractivity contribution is 14.0. The molecule has 26 heavy (non-hydrogen) atoms. The Morgan fingerprint density at radius 3 is 2.85 bits per heavy atom. The first-order valence-electron chi connectivity index (χ1n) is 7.72. The fourth-order valence-corrected chi connectivity index (χ4v) is 2.38. The molecule has 144 valence electrons. The number of aliphatic imine (C=N–C) groups is 1. The first kappa shape index (κ1) is 22.4. The molecule has 0 radical (unpaired) electrons. The molecule has 0 fully saturated rings. The number of guanidine groups is 1. The summed E-state index contributed by atoms with van der Waals surface area (Å²) in [6, 6.07) is 4.51. The summed E-state index contributed by atoms with van der Waals surface area (Å²) >= 11 is 5.93. The average molecular weight is 500 g/mol. The Morgan fingerprint density at radius 2 is 2.19 bits per heavy atom. The molecule has 0 bridgehead atoms. The molecule has 6 nitrogen and oxygen atoms in total. The SMILES string of the molecule is CN=C(NCCCn1ccnc1)NCc1cc(Cl)ccc1OC(F)F.I. The van der Waals surface area contributed by atoms with Crippen LogP contribution in [0.2, 0.25) is 5.02 Å². The smallest absolute Gasteiger partial charge is 0.387 e. The number of alkyl halides is 2. The van der Waals surface area contributed by atoms with Crippen LogP contribution >= 0.6 is 35.6 Å². The predicted octanol–water partition coefficient (Wildman–Crippen LogP) is 3.51. The van der Waals surface area contributed by atoms with Crippen molar-refractivity contribution in [2.75, 3.05) is 13.6 Å². The van der Waals surface area contributed by atoms with E-state index >= 15 is 0 Å². The van der Waals surface area contributed by atoms with E-state index in [0.29, 0.717) is 23.1 Å². The summed E-state index contributed by atoms with van der Waals surface area (Å²) < 4.78 is 31.4. The number of benzene rings is 1. The number of nitrogens with zero attached hydrogens (tertiary/aromatic N) is 3. The highest BCUT2D eigenvalue weighted by Gasteiger charge is 2.11. The molecular weight excluding hydrogens is 479 g/mol. The van der Waals surface area contributed by atoms with Crippen LogP contribution < -0.4 is 15.4 Å². The normalized spacial score (nSPS) is 11.2. The molecule has 1 aromatic carbocycles. The number of aromatic nitrogens is 2. The highest BCUT2D eigenvalue weighted by Crippen LogP contribution is 2.24. The molecule has 2 N–H and O–H groups in total. The molecule has 0 amide bonds. The Morgan fingerprint density at radius 1 is 1.38 bits per heavy atom. The molecule has 0 spiro atoms. The van der Waals surface area contributed by atoms with Crippen molar-refractivity contribution in [3.05, 3.63) is 47.5 Å². The third-order valence-corrected chi connectivity index (χ3v) is 3.59. The number of aryl methyl sites for hydroxylation is 1. The van der Waals surface area contributed by atoms with Gasteiger partial charge in [0, 0.05) is 49.7 Å². The second-order valence-corrected chi connectivity index (χ2v) is 5.57. The van der Waals surface area contributed by atoms with Crippen molar-refractivity contribution in [1.82, 2.24) is 20.2 Å². The minimum atomic E-state index is -2.89. The fraction of sp³-hybridized carbons (Fsp3) is 0.375. The molecule has 0 aliphatic rings. The largest absolute Gasteiger partial charge is 0.434 e. The highest BCUT2D eigenvalue weighted by atomic mass is 127. The van der Waals surface area contributed by atoms with E-state index in [4.69, 9.17) is 11.6 Å². The minimum Gasteiger partial charge on any atom is -0.434 e. The van der Waals surface area contributed by atoms with E-state index in [1.807, 2.05) is 10.8 Å². The van der Waals surface area contributed by atoms with Crippen molar-refractivity contribution in [1.29, 1.82) is 0 Å². The lowest BCUT2D eigenvalue weighted by Crippen LogP contribution is -2.37. The molecule has 2 aromatic rings. The fourth-order valence-electron chi connectivity index (χ4n) is 2.18. The lowest BCUT2D eigenvalue weighted by molar-refractivity contribution is -0.0504. The second-order valence-electron chi connectivity index (χ2n) is 5.14. The molecule has 0 unspecified atom stereocenters. The van der Waals surface area contributed by atoms with Crippen molar-refractivity contribution in [3.8, 4) is 5.75 Å². The van der Waals surface area contributed by atoms with Gasteiger partial charge in [0.05, 0.1) is 6.33 Å². The van der Waals surface area contributed by atoms with Crippen molar-refractivity contribution in [2.24, 2.45) is 4.99 Å². The van der Waals surface area contributed by atoms with Crippen LogP contribution in [0.15, 0.2) is 41.9 Å². The van der Waals surface area contributed by atoms with Gasteiger partial charge in [0.2, 0.25) is 0 Å². The third kappa shape index (κ3) is 7.73. The molecule has 0 saturated carbocycles. The number of ether oxygens (including phenoxy) is 1. The summed E-state index contributed by atoms with van der Waals surface area (Å²) in [6.45, 7) is -1.09. The van der Waals surface area contributed by atoms with E-state index in [2.05, 4.69) is 25.3 Å². The summed E-state index contributed by atoms with van der Waals surface area (Å²) in [5.74, 6) is 0.649. The first-order chi connectivity index (χ1) is 12.1. The maximum atomic E-state index is 12.5. The van der Waals surface area contributed by atoms with Crippen LogP contribution in [-0.4, -0.2) is 35.7 Å². The van der Waals surface area contributed by atoms with Crippen LogP contribution in [0.5, 0.6) is 5.75 Å². The number of hydrogen-bond acceptors (Lipinski definition) is 3. The monoisotopic (exact) mass is 499 g/mol. The van der Waals surface area contributed by atoms with Crippen molar-refractivity contribution < 1.29 is 13.5 Å². The van der Waals surface area contributed by atoms with Gasteiger partial charge >= 0.3 is 6.61 Å². The Bertz CT molecular complexity index is 685. The molecule has 0 atom stereocenters. The molecule has 0 aliphatic heterocycles. The Balaban J connectivity index is 0.00000338. The van der Waals surface area contributed by atoms with Crippen LogP contribution in [0.1, 0.15) is 12.0 Å². The zero-order valence-electron chi connectivity index (χ0n) is 14.2. The van der Waals surface area contributed by atoms with Crippen molar-refractivity contribution in [3.63, 3.8) is 0 Å². The molecule has 2 rings (SSSR count). The molecule has 10 heteroatoms. The van der Waals surface area contributed by atoms with Crippen LogP contribution in [0, 0.1) is 0 Å². The van der Waals surface area contributed by atoms with E-state index in [-0.39, 0.29) is 36.3 Å². The zero-order valence-corrected chi connectivity index (χ0v) is 17.2. The second kappa shape index (κ2) is 11.9. The number of hydrogen-bond donors (Lipinski definition) is 2. The number of halogens is 4. The van der Waals surface area contributed by atoms with Gasteiger partial charge in [-0.05, 0) is 24.6 Å². The quantitative estimate of drug-likeness (QED) is 0.253. The van der Waals surface area contributed by atoms with Gasteiger partial charge in [0.25, 0.3) is 0 Å². The van der Waals surface area contributed by atoms with Gasteiger partial charge in [0.15, 0.2) is 5.96 Å². The Kier molecular flexibility index (Phi) is 10.3. The topological polar surface area (TPSA) is 63.5 Å². The number of imidazole rings is 1. The first-order valence-corrected chi connectivity index (χ1v) is 8.10. The Hall–Kier alpha value is -1.62. The third-order valence-electron chi connectivity index (χ3n) is 3.35. The lowest BCUT2D eigenvalue weighted by atomic mass is 10.2. The molecule has 0 aliphatic carbocycles. The minimum absolute atomic E-state index is 0. The van der Waals surface area contributed by atoms with Crippen molar-refractivity contribution in [2.45, 2.75) is 26.1 Å². The molecule has 0 saturated heterocycles. The van der Waals surface area contributed by atoms with Crippen LogP contribution in [0.3, 0.4) is 0 Å². The van der Waals surface area contributed by atoms with Crippen LogP contribution in [0.25, 0.3) is 0 Å². The van der Waals surface area contributed by atoms with Gasteiger partial charge < -0.3 is 19.9 Å². The van der Waals surface area contributed by atoms with E-state index in [1.54, 1.807) is 25.6 Å². The predicted molar refractivity (Wildman–Crippen MR) is 109 cm³/mol. The van der Waals surface area contributed by atoms with Crippen LogP contribution in [0.4, 0.5) is 8.78 Å². The van der Waals surface area contributed by atoms with E-state index < -0.39 is 6.61 Å². The summed E-state index contributed by atoms with van der Waals surface area (Å²) in [5.41, 5.74) is 0.522. The van der Waals surface area contributed by atoms with Crippen molar-refractivity contribution >= 4 is 41.5 Å². The summed E-state index contributed by atoms with van der Waals surface area (Å²) in [7, 11) is 1.64. The zero-order chi connectivity index (χ0) is 18.1. The van der Waals surface area contributed by atoms with Gasteiger partial charge in [-0.2, -0.15) is 8.78 Å². The lowest BCUT2D eigenvalue weighted by Gasteiger charge is -2.15. The maximum Gasteiger partial charge on any atom is 0.387 e. The molecule has 1 aromatic heterocycles. The molecular formula is C16H21ClF2IN5O. The number of nitrogens with one attached hydrogen (secondary N) is 2. The summed E-state index contributed by atoms with van der Waals surface area (Å²) in [5, 5.41) is 6.66. The van der Waals surface area contributed by atoms with E-state index in [9.17, 15) is 8.78 Å². The maximum absolute atomic E-state index is 12.5. The average Bonchev–Trinajstić information content (AvgIpc) is 3.09. The van der Waals surface area contributed by atoms with Gasteiger partial charge in [-0.3, -0.25) is 4.99 Å². The van der Waals surface area contributed by atoms with E-state index in [1.165, 1.54) is 12.1 Å². The van der Waals surface area contributed by atoms with Gasteiger partial charge in [-0.15, -0.1) is 24.0 Å². The summed E-state index contributed by atoms with van der Waals surface area (Å²) in [6.07, 6.45) is 6.28. The van der Waals surface area contributed by atoms with Gasteiger partial charge in [0.1, 0.15) is 5.75 Å². The van der Waals surface area contributed by atoms with Crippen LogP contribution in [-0.2, 0) is 13.1 Å². The van der Waals surface area contributed by atoms with E-state index in [0.717, 1.165) is 13.0 Å². The molecule has 1 heterocycles. The van der Waals surface area contributed by atoms with Gasteiger partial charge in [-0.1, -0.05) is 11.6 Å². The summed E-state index contributed by atoms with van der Waals surface area (Å²) in [4.78, 5) is 8.09. The number of rotatable bonds is 8. The Labute approximate surface area is 173 Å². The standard InChI is InChI=1S/C16H20ClF2N5O.HI/c1-20-16(22-5-2-7-24-8-6-21-11-24)23-10-12-9-13(17)3-4-14(12)25-15(18)19;/h3-4,6,8-9,11,15H,2,5,7,10H2,1H3,(H2,20,22,23);1H. The van der Waals surface area contributed by atoms with Gasteiger partial charge in [-0.25, -0.2) is 4.98 Å².